The van der Waals surface area contributed by atoms with Gasteiger partial charge in [-0.1, -0.05) is 0 Å². The smallest absolute Gasteiger partial charge is 0.325 e. The molecular formula is C11H16O5. The van der Waals surface area contributed by atoms with E-state index >= 15 is 0 Å². The molecule has 0 aromatic heterocycles. The lowest BCUT2D eigenvalue weighted by Crippen LogP contribution is -2.48. The van der Waals surface area contributed by atoms with Crippen LogP contribution in [0.1, 0.15) is 27.7 Å². The monoisotopic (exact) mass is 228 g/mol. The maximum Gasteiger partial charge on any atom is 0.325 e. The second-order valence-electron chi connectivity index (χ2n) is 5.16. The average molecular weight is 228 g/mol. The number of fused-ring (bicyclic) bond motifs is 2. The molecule has 3 aliphatic rings. The maximum absolute atomic E-state index is 5.79. The molecule has 0 spiro atoms. The SMILES string of the molecule is CC1(C)OC2=C(O1)C1OC(C)(C)OCC1O2. The van der Waals surface area contributed by atoms with Gasteiger partial charge in [-0.2, -0.15) is 0 Å². The summed E-state index contributed by atoms with van der Waals surface area (Å²) in [5, 5.41) is 0. The maximum atomic E-state index is 5.79. The van der Waals surface area contributed by atoms with Gasteiger partial charge in [-0.25, -0.2) is 0 Å². The molecule has 0 aliphatic carbocycles. The molecule has 1 fully saturated rings. The zero-order valence-corrected chi connectivity index (χ0v) is 9.90. The van der Waals surface area contributed by atoms with Crippen LogP contribution in [0.2, 0.25) is 0 Å². The Bertz CT molecular complexity index is 357. The highest BCUT2D eigenvalue weighted by atomic mass is 16.8. The summed E-state index contributed by atoms with van der Waals surface area (Å²) < 4.78 is 28.1. The van der Waals surface area contributed by atoms with E-state index in [1.165, 1.54) is 0 Å². The first kappa shape index (κ1) is 10.2. The van der Waals surface area contributed by atoms with Gasteiger partial charge >= 0.3 is 5.95 Å². The predicted octanol–water partition coefficient (Wildman–Crippen LogP) is 1.49. The van der Waals surface area contributed by atoms with Gasteiger partial charge in [0.1, 0.15) is 0 Å². The Kier molecular flexibility index (Phi) is 1.82. The summed E-state index contributed by atoms with van der Waals surface area (Å²) >= 11 is 0. The van der Waals surface area contributed by atoms with Gasteiger partial charge in [0.25, 0.3) is 0 Å². The molecule has 0 N–H and O–H groups in total. The molecule has 5 heteroatoms. The first-order valence-electron chi connectivity index (χ1n) is 5.47. The standard InChI is InChI=1S/C11H16O5/c1-10(2)12-5-6-7(14-10)8-9(13-6)16-11(3,4)15-8/h6-7H,5H2,1-4H3. The van der Waals surface area contributed by atoms with Crippen LogP contribution in [0, 0.1) is 0 Å². The normalized spacial score (nSPS) is 38.2. The fourth-order valence-electron chi connectivity index (χ4n) is 2.10. The fourth-order valence-corrected chi connectivity index (χ4v) is 2.10. The highest BCUT2D eigenvalue weighted by molar-refractivity contribution is 5.17. The summed E-state index contributed by atoms with van der Waals surface area (Å²) in [6.45, 7) is 7.92. The van der Waals surface area contributed by atoms with Gasteiger partial charge in [0.15, 0.2) is 18.0 Å². The molecule has 1 saturated heterocycles. The lowest BCUT2D eigenvalue weighted by Gasteiger charge is -2.38. The van der Waals surface area contributed by atoms with Crippen molar-refractivity contribution in [1.29, 1.82) is 0 Å². The Morgan fingerprint density at radius 1 is 1.06 bits per heavy atom. The van der Waals surface area contributed by atoms with E-state index in [9.17, 15) is 0 Å². The number of hydrogen-bond acceptors (Lipinski definition) is 5. The van der Waals surface area contributed by atoms with Crippen molar-refractivity contribution in [2.45, 2.75) is 51.5 Å². The molecule has 3 heterocycles. The van der Waals surface area contributed by atoms with Crippen LogP contribution in [0.15, 0.2) is 11.7 Å². The largest absolute Gasteiger partial charge is 0.454 e. The summed E-state index contributed by atoms with van der Waals surface area (Å²) in [6.07, 6.45) is -0.380. The third kappa shape index (κ3) is 1.46. The highest BCUT2D eigenvalue weighted by Crippen LogP contribution is 2.43. The van der Waals surface area contributed by atoms with E-state index in [1.54, 1.807) is 0 Å². The summed E-state index contributed by atoms with van der Waals surface area (Å²) in [5.41, 5.74) is 0. The predicted molar refractivity (Wildman–Crippen MR) is 53.1 cm³/mol. The topological polar surface area (TPSA) is 46.2 Å². The van der Waals surface area contributed by atoms with Crippen molar-refractivity contribution in [2.24, 2.45) is 0 Å². The van der Waals surface area contributed by atoms with E-state index in [1.807, 2.05) is 27.7 Å². The summed E-state index contributed by atoms with van der Waals surface area (Å²) in [5.74, 6) is -0.169. The average Bonchev–Trinajstić information content (AvgIpc) is 2.57. The van der Waals surface area contributed by atoms with Crippen LogP contribution in [0.25, 0.3) is 0 Å². The van der Waals surface area contributed by atoms with E-state index in [2.05, 4.69) is 0 Å². The van der Waals surface area contributed by atoms with Crippen LogP contribution in [0.4, 0.5) is 0 Å². The molecule has 5 nitrogen and oxygen atoms in total. The van der Waals surface area contributed by atoms with Gasteiger partial charge in [-0.3, -0.25) is 0 Å². The minimum atomic E-state index is -0.665. The third-order valence-corrected chi connectivity index (χ3v) is 2.76. The zero-order chi connectivity index (χ0) is 11.6. The van der Waals surface area contributed by atoms with Gasteiger partial charge in [0.05, 0.1) is 6.61 Å². The Balaban J connectivity index is 1.83. The molecule has 16 heavy (non-hydrogen) atoms. The van der Waals surface area contributed by atoms with Crippen molar-refractivity contribution in [2.75, 3.05) is 6.61 Å². The number of hydrogen-bond donors (Lipinski definition) is 0. The van der Waals surface area contributed by atoms with Crippen molar-refractivity contribution < 1.29 is 23.7 Å². The van der Waals surface area contributed by atoms with E-state index in [0.717, 1.165) is 0 Å². The van der Waals surface area contributed by atoms with Gasteiger partial charge in [-0.15, -0.1) is 0 Å². The first-order chi connectivity index (χ1) is 7.36. The summed E-state index contributed by atoms with van der Waals surface area (Å²) in [4.78, 5) is 0. The number of ether oxygens (including phenoxy) is 5. The molecule has 90 valence electrons. The van der Waals surface area contributed by atoms with Gasteiger partial charge in [-0.05, 0) is 13.8 Å². The van der Waals surface area contributed by atoms with Crippen molar-refractivity contribution in [1.82, 2.24) is 0 Å². The Morgan fingerprint density at radius 2 is 1.81 bits per heavy atom. The van der Waals surface area contributed by atoms with E-state index in [4.69, 9.17) is 23.7 Å². The van der Waals surface area contributed by atoms with Crippen molar-refractivity contribution in [3.63, 3.8) is 0 Å². The summed E-state index contributed by atoms with van der Waals surface area (Å²) in [6, 6.07) is 0. The van der Waals surface area contributed by atoms with E-state index in [-0.39, 0.29) is 12.2 Å². The third-order valence-electron chi connectivity index (χ3n) is 2.76. The minimum Gasteiger partial charge on any atom is -0.454 e. The second-order valence-corrected chi connectivity index (χ2v) is 5.16. The van der Waals surface area contributed by atoms with Gasteiger partial charge in [0.2, 0.25) is 11.5 Å². The van der Waals surface area contributed by atoms with Gasteiger partial charge in [0, 0.05) is 13.8 Å². The second kappa shape index (κ2) is 2.84. The Labute approximate surface area is 94.2 Å². The molecule has 2 atom stereocenters. The van der Waals surface area contributed by atoms with Crippen LogP contribution >= 0.6 is 0 Å². The minimum absolute atomic E-state index is 0.158. The zero-order valence-electron chi connectivity index (χ0n) is 9.90. The van der Waals surface area contributed by atoms with Crippen LogP contribution in [0.3, 0.4) is 0 Å². The van der Waals surface area contributed by atoms with Crippen LogP contribution < -0.4 is 0 Å². The Hall–Kier alpha value is -0.940. The van der Waals surface area contributed by atoms with Crippen molar-refractivity contribution in [3.05, 3.63) is 11.7 Å². The quantitative estimate of drug-likeness (QED) is 0.628. The molecule has 0 bridgehead atoms. The first-order valence-corrected chi connectivity index (χ1v) is 5.47. The van der Waals surface area contributed by atoms with Crippen LogP contribution in [0.5, 0.6) is 0 Å². The van der Waals surface area contributed by atoms with Crippen molar-refractivity contribution in [3.8, 4) is 0 Å². The lowest BCUT2D eigenvalue weighted by atomic mass is 10.1. The molecular weight excluding hydrogens is 212 g/mol. The van der Waals surface area contributed by atoms with Gasteiger partial charge < -0.3 is 23.7 Å². The van der Waals surface area contributed by atoms with E-state index < -0.39 is 11.6 Å². The van der Waals surface area contributed by atoms with Crippen molar-refractivity contribution >= 4 is 0 Å². The molecule has 0 aromatic rings. The van der Waals surface area contributed by atoms with Crippen LogP contribution in [-0.2, 0) is 23.7 Å². The molecule has 0 saturated carbocycles. The molecule has 3 aliphatic heterocycles. The lowest BCUT2D eigenvalue weighted by molar-refractivity contribution is -0.307. The fraction of sp³-hybridized carbons (Fsp3) is 0.818. The highest BCUT2D eigenvalue weighted by Gasteiger charge is 2.53. The number of rotatable bonds is 0. The van der Waals surface area contributed by atoms with E-state index in [0.29, 0.717) is 18.3 Å². The molecule has 0 radical (unpaired) electrons. The molecule has 0 aromatic carbocycles. The summed E-state index contributed by atoms with van der Waals surface area (Å²) in [7, 11) is 0. The van der Waals surface area contributed by atoms with Crippen LogP contribution in [-0.4, -0.2) is 30.4 Å². The molecule has 0 amide bonds. The molecule has 3 rings (SSSR count). The Morgan fingerprint density at radius 3 is 2.56 bits per heavy atom. The molecule has 2 unspecified atom stereocenters.